The lowest BCUT2D eigenvalue weighted by molar-refractivity contribution is -0.135. The number of likely N-dealkylation sites (tertiary alicyclic amines) is 2. The van der Waals surface area contributed by atoms with Gasteiger partial charge in [0, 0.05) is 42.8 Å². The van der Waals surface area contributed by atoms with Gasteiger partial charge in [-0.3, -0.25) is 9.59 Å². The van der Waals surface area contributed by atoms with E-state index in [1.165, 1.54) is 0 Å². The summed E-state index contributed by atoms with van der Waals surface area (Å²) >= 11 is 3.56. The SMILES string of the molecule is COC[C@@H]1C[C@H]1C(=O)N1C[C@@H]2C[C@H]1CN2C(=O)c1ccc2c(Br)cccc2c1. The van der Waals surface area contributed by atoms with Crippen LogP contribution in [-0.4, -0.2) is 60.5 Å². The molecule has 2 aromatic carbocycles. The maximum atomic E-state index is 13.1. The Bertz CT molecular complexity index is 962. The third-order valence-electron chi connectivity index (χ3n) is 6.48. The van der Waals surface area contributed by atoms with E-state index in [9.17, 15) is 9.59 Å². The molecule has 2 aliphatic heterocycles. The first kappa shape index (κ1) is 18.1. The Hall–Kier alpha value is -1.92. The van der Waals surface area contributed by atoms with Crippen LogP contribution in [0.25, 0.3) is 10.8 Å². The van der Waals surface area contributed by atoms with E-state index in [0.717, 1.165) is 33.7 Å². The van der Waals surface area contributed by atoms with Crippen molar-refractivity contribution in [1.29, 1.82) is 0 Å². The molecule has 5 rings (SSSR count). The molecule has 2 heterocycles. The van der Waals surface area contributed by atoms with E-state index in [4.69, 9.17) is 4.74 Å². The molecule has 3 aliphatic rings. The number of fused-ring (bicyclic) bond motifs is 3. The van der Waals surface area contributed by atoms with E-state index in [1.807, 2.05) is 46.2 Å². The van der Waals surface area contributed by atoms with Crippen molar-refractivity contribution in [2.24, 2.45) is 11.8 Å². The van der Waals surface area contributed by atoms with Gasteiger partial charge in [-0.05, 0) is 47.7 Å². The molecule has 2 saturated heterocycles. The third-order valence-corrected chi connectivity index (χ3v) is 7.17. The monoisotopic (exact) mass is 442 g/mol. The molecule has 6 heteroatoms. The van der Waals surface area contributed by atoms with E-state index in [2.05, 4.69) is 15.9 Å². The van der Waals surface area contributed by atoms with Gasteiger partial charge in [-0.25, -0.2) is 0 Å². The molecule has 2 bridgehead atoms. The molecule has 1 aliphatic carbocycles. The summed E-state index contributed by atoms with van der Waals surface area (Å²) in [6.45, 7) is 1.99. The van der Waals surface area contributed by atoms with Crippen LogP contribution in [0.2, 0.25) is 0 Å². The molecule has 3 fully saturated rings. The van der Waals surface area contributed by atoms with Crippen LogP contribution >= 0.6 is 15.9 Å². The van der Waals surface area contributed by atoms with Crippen LogP contribution in [0.5, 0.6) is 0 Å². The average Bonchev–Trinajstić information content (AvgIpc) is 3.17. The van der Waals surface area contributed by atoms with Gasteiger partial charge in [0.05, 0.1) is 12.1 Å². The maximum Gasteiger partial charge on any atom is 0.254 e. The van der Waals surface area contributed by atoms with E-state index in [-0.39, 0.29) is 29.8 Å². The quantitative estimate of drug-likeness (QED) is 0.729. The van der Waals surface area contributed by atoms with Gasteiger partial charge in [0.2, 0.25) is 5.91 Å². The highest BCUT2D eigenvalue weighted by atomic mass is 79.9. The minimum Gasteiger partial charge on any atom is -0.384 e. The lowest BCUT2D eigenvalue weighted by Gasteiger charge is -2.34. The molecule has 0 radical (unpaired) electrons. The summed E-state index contributed by atoms with van der Waals surface area (Å²) < 4.78 is 6.21. The Morgan fingerprint density at radius 3 is 2.64 bits per heavy atom. The fraction of sp³-hybridized carbons (Fsp3) is 0.455. The lowest BCUT2D eigenvalue weighted by Crippen LogP contribution is -2.51. The Morgan fingerprint density at radius 2 is 1.89 bits per heavy atom. The number of rotatable bonds is 4. The predicted molar refractivity (Wildman–Crippen MR) is 110 cm³/mol. The molecule has 0 unspecified atom stereocenters. The van der Waals surface area contributed by atoms with Crippen molar-refractivity contribution in [3.63, 3.8) is 0 Å². The number of amides is 2. The summed E-state index contributed by atoms with van der Waals surface area (Å²) in [6.07, 6.45) is 1.84. The smallest absolute Gasteiger partial charge is 0.254 e. The minimum atomic E-state index is 0.0742. The Balaban J connectivity index is 1.28. The highest BCUT2D eigenvalue weighted by Crippen LogP contribution is 2.43. The van der Waals surface area contributed by atoms with E-state index >= 15 is 0 Å². The minimum absolute atomic E-state index is 0.0742. The maximum absolute atomic E-state index is 13.1. The summed E-state index contributed by atoms with van der Waals surface area (Å²) in [4.78, 5) is 29.9. The number of carbonyl (C=O) groups excluding carboxylic acids is 2. The van der Waals surface area contributed by atoms with Gasteiger partial charge < -0.3 is 14.5 Å². The second-order valence-electron chi connectivity index (χ2n) is 8.22. The molecule has 0 N–H and O–H groups in total. The van der Waals surface area contributed by atoms with Crippen LogP contribution in [0.15, 0.2) is 40.9 Å². The van der Waals surface area contributed by atoms with Gasteiger partial charge in [-0.1, -0.05) is 34.1 Å². The van der Waals surface area contributed by atoms with Crippen LogP contribution in [0.3, 0.4) is 0 Å². The van der Waals surface area contributed by atoms with Gasteiger partial charge >= 0.3 is 0 Å². The number of carbonyl (C=O) groups is 2. The van der Waals surface area contributed by atoms with Crippen LogP contribution in [0.4, 0.5) is 0 Å². The number of halogens is 1. The highest BCUT2D eigenvalue weighted by molar-refractivity contribution is 9.10. The van der Waals surface area contributed by atoms with Crippen molar-refractivity contribution in [3.8, 4) is 0 Å². The van der Waals surface area contributed by atoms with Gasteiger partial charge in [0.25, 0.3) is 5.91 Å². The molecule has 0 aromatic heterocycles. The number of hydrogen-bond acceptors (Lipinski definition) is 3. The molecule has 28 heavy (non-hydrogen) atoms. The number of benzene rings is 2. The van der Waals surface area contributed by atoms with Crippen LogP contribution in [0.1, 0.15) is 23.2 Å². The zero-order chi connectivity index (χ0) is 19.4. The summed E-state index contributed by atoms with van der Waals surface area (Å²) in [5, 5.41) is 2.16. The molecule has 0 spiro atoms. The lowest BCUT2D eigenvalue weighted by atomic mass is 10.1. The van der Waals surface area contributed by atoms with Crippen LogP contribution in [0, 0.1) is 11.8 Å². The highest BCUT2D eigenvalue weighted by Gasteiger charge is 2.52. The number of methoxy groups -OCH3 is 1. The number of hydrogen-bond donors (Lipinski definition) is 0. The van der Waals surface area contributed by atoms with Crippen molar-refractivity contribution >= 4 is 38.5 Å². The summed E-state index contributed by atoms with van der Waals surface area (Å²) in [5.74, 6) is 0.844. The normalized spacial score (nSPS) is 28.2. The van der Waals surface area contributed by atoms with Crippen molar-refractivity contribution < 1.29 is 14.3 Å². The molecule has 4 atom stereocenters. The number of piperazine rings is 1. The zero-order valence-electron chi connectivity index (χ0n) is 15.8. The molecular weight excluding hydrogens is 420 g/mol. The summed E-state index contributed by atoms with van der Waals surface area (Å²) in [5.41, 5.74) is 0.721. The van der Waals surface area contributed by atoms with Crippen molar-refractivity contribution in [3.05, 3.63) is 46.4 Å². The largest absolute Gasteiger partial charge is 0.384 e. The Morgan fingerprint density at radius 1 is 1.11 bits per heavy atom. The van der Waals surface area contributed by atoms with E-state index < -0.39 is 0 Å². The topological polar surface area (TPSA) is 49.9 Å². The van der Waals surface area contributed by atoms with Crippen molar-refractivity contribution in [1.82, 2.24) is 9.80 Å². The van der Waals surface area contributed by atoms with Crippen LogP contribution in [-0.2, 0) is 9.53 Å². The molecule has 146 valence electrons. The fourth-order valence-corrected chi connectivity index (χ4v) is 5.40. The van der Waals surface area contributed by atoms with E-state index in [1.54, 1.807) is 7.11 Å². The average molecular weight is 443 g/mol. The molecule has 2 amide bonds. The van der Waals surface area contributed by atoms with Crippen molar-refractivity contribution in [2.75, 3.05) is 26.8 Å². The Kier molecular flexibility index (Phi) is 4.43. The fourth-order valence-electron chi connectivity index (χ4n) is 4.89. The van der Waals surface area contributed by atoms with Gasteiger partial charge in [0.15, 0.2) is 0 Å². The predicted octanol–water partition coefficient (Wildman–Crippen LogP) is 3.31. The summed E-state index contributed by atoms with van der Waals surface area (Å²) in [7, 11) is 1.69. The second kappa shape index (κ2) is 6.85. The molecular formula is C22H23BrN2O3. The molecule has 5 nitrogen and oxygen atoms in total. The number of nitrogens with zero attached hydrogens (tertiary/aromatic N) is 2. The third kappa shape index (κ3) is 2.94. The van der Waals surface area contributed by atoms with Gasteiger partial charge in [0.1, 0.15) is 0 Å². The zero-order valence-corrected chi connectivity index (χ0v) is 17.4. The standard InChI is InChI=1S/C22H23BrN2O3/c1-28-12-15-8-19(15)22(27)25-11-16-9-17(25)10-24(16)21(26)14-5-6-18-13(7-14)3-2-4-20(18)23/h2-7,15-17,19H,8-12H2,1H3/t15-,16-,17-,19+/m0/s1. The number of ether oxygens (including phenoxy) is 1. The van der Waals surface area contributed by atoms with Crippen molar-refractivity contribution in [2.45, 2.75) is 24.9 Å². The molecule has 2 aromatic rings. The second-order valence-corrected chi connectivity index (χ2v) is 9.08. The first-order valence-corrected chi connectivity index (χ1v) is 10.6. The van der Waals surface area contributed by atoms with E-state index in [0.29, 0.717) is 25.6 Å². The summed E-state index contributed by atoms with van der Waals surface area (Å²) in [6, 6.07) is 12.2. The first-order chi connectivity index (χ1) is 13.6. The van der Waals surface area contributed by atoms with Crippen LogP contribution < -0.4 is 0 Å². The molecule has 1 saturated carbocycles. The Labute approximate surface area is 172 Å². The first-order valence-electron chi connectivity index (χ1n) is 9.85. The van der Waals surface area contributed by atoms with Gasteiger partial charge in [-0.15, -0.1) is 0 Å². The van der Waals surface area contributed by atoms with Gasteiger partial charge in [-0.2, -0.15) is 0 Å².